The molecule has 0 fully saturated rings. The van der Waals surface area contributed by atoms with Crippen LogP contribution in [0.25, 0.3) is 0 Å². The zero-order valence-electron chi connectivity index (χ0n) is 12.9. The minimum atomic E-state index is 0.0407. The molecule has 3 rings (SSSR count). The average Bonchev–Trinajstić information content (AvgIpc) is 2.88. The number of rotatable bonds is 5. The highest BCUT2D eigenvalue weighted by Gasteiger charge is 2.24. The van der Waals surface area contributed by atoms with Crippen LogP contribution in [-0.4, -0.2) is 12.4 Å². The molecule has 3 nitrogen and oxygen atoms in total. The van der Waals surface area contributed by atoms with Crippen molar-refractivity contribution in [2.75, 3.05) is 12.3 Å². The third-order valence-electron chi connectivity index (χ3n) is 4.01. The fourth-order valence-corrected chi connectivity index (χ4v) is 4.06. The molecule has 116 valence electrons. The second-order valence-electron chi connectivity index (χ2n) is 5.65. The molecule has 0 bridgehead atoms. The Morgan fingerprint density at radius 3 is 2.68 bits per heavy atom. The summed E-state index contributed by atoms with van der Waals surface area (Å²) in [4.78, 5) is 14.1. The Morgan fingerprint density at radius 2 is 1.95 bits per heavy atom. The minimum Gasteiger partial charge on any atom is -0.494 e. The number of thiophene rings is 1. The summed E-state index contributed by atoms with van der Waals surface area (Å²) in [5.74, 6) is 0.845. The normalized spacial score (nSPS) is 13.7. The fraction of sp³-hybridized carbons (Fsp3) is 0.389. The Bertz CT molecular complexity index is 673. The van der Waals surface area contributed by atoms with Gasteiger partial charge in [0.25, 0.3) is 0 Å². The van der Waals surface area contributed by atoms with E-state index in [1.165, 1.54) is 16.9 Å². The minimum absolute atomic E-state index is 0.0407. The number of fused-ring (bicyclic) bond motifs is 1. The summed E-state index contributed by atoms with van der Waals surface area (Å²) < 4.78 is 5.56. The zero-order chi connectivity index (χ0) is 15.5. The van der Waals surface area contributed by atoms with Gasteiger partial charge in [0.05, 0.1) is 17.2 Å². The van der Waals surface area contributed by atoms with E-state index in [0.717, 1.165) is 37.0 Å². The maximum atomic E-state index is 12.8. The van der Waals surface area contributed by atoms with Crippen LogP contribution in [0.3, 0.4) is 0 Å². The lowest BCUT2D eigenvalue weighted by molar-refractivity contribution is 0.103. The molecule has 22 heavy (non-hydrogen) atoms. The van der Waals surface area contributed by atoms with Gasteiger partial charge in [-0.25, -0.2) is 0 Å². The van der Waals surface area contributed by atoms with Crippen molar-refractivity contribution in [3.8, 4) is 5.75 Å². The number of aryl methyl sites for hydroxylation is 1. The molecule has 2 aromatic rings. The first-order valence-corrected chi connectivity index (χ1v) is 8.70. The maximum absolute atomic E-state index is 12.8. The molecule has 0 spiro atoms. The Balaban J connectivity index is 1.86. The second kappa shape index (κ2) is 6.53. The van der Waals surface area contributed by atoms with E-state index in [2.05, 4.69) is 6.92 Å². The number of carbonyl (C=O) groups is 1. The lowest BCUT2D eigenvalue weighted by atomic mass is 9.92. The third-order valence-corrected chi connectivity index (χ3v) is 5.14. The molecule has 4 heteroatoms. The summed E-state index contributed by atoms with van der Waals surface area (Å²) in [6.07, 6.45) is 5.35. The van der Waals surface area contributed by atoms with Crippen molar-refractivity contribution in [1.82, 2.24) is 0 Å². The summed E-state index contributed by atoms with van der Waals surface area (Å²) in [5, 5.41) is 0.670. The topological polar surface area (TPSA) is 52.3 Å². The highest BCUT2D eigenvalue weighted by molar-refractivity contribution is 7.16. The number of ketones is 1. The van der Waals surface area contributed by atoms with Gasteiger partial charge in [0.1, 0.15) is 5.75 Å². The molecule has 0 aliphatic heterocycles. The number of ether oxygens (including phenoxy) is 1. The molecule has 0 saturated heterocycles. The van der Waals surface area contributed by atoms with E-state index in [9.17, 15) is 4.79 Å². The second-order valence-corrected chi connectivity index (χ2v) is 6.79. The van der Waals surface area contributed by atoms with Crippen molar-refractivity contribution in [3.63, 3.8) is 0 Å². The molecule has 0 amide bonds. The van der Waals surface area contributed by atoms with Crippen LogP contribution in [0.15, 0.2) is 24.3 Å². The Labute approximate surface area is 135 Å². The maximum Gasteiger partial charge on any atom is 0.196 e. The van der Waals surface area contributed by atoms with Crippen LogP contribution < -0.4 is 10.5 Å². The highest BCUT2D eigenvalue weighted by atomic mass is 32.1. The van der Waals surface area contributed by atoms with Crippen LogP contribution in [0.4, 0.5) is 5.00 Å². The molecule has 0 saturated carbocycles. The smallest absolute Gasteiger partial charge is 0.196 e. The Hall–Kier alpha value is -1.81. The van der Waals surface area contributed by atoms with Crippen LogP contribution in [-0.2, 0) is 12.8 Å². The molecular weight excluding hydrogens is 294 g/mol. The van der Waals surface area contributed by atoms with Gasteiger partial charge in [-0.2, -0.15) is 0 Å². The van der Waals surface area contributed by atoms with Crippen molar-refractivity contribution in [2.45, 2.75) is 39.0 Å². The molecule has 1 aromatic carbocycles. The van der Waals surface area contributed by atoms with Gasteiger partial charge in [-0.3, -0.25) is 4.79 Å². The molecule has 1 aromatic heterocycles. The fourth-order valence-electron chi connectivity index (χ4n) is 2.90. The summed E-state index contributed by atoms with van der Waals surface area (Å²) >= 11 is 1.59. The SMILES string of the molecule is CCCOc1ccc(C(=O)c2c(N)sc3c2CCCC3)cc1. The monoisotopic (exact) mass is 315 g/mol. The first-order chi connectivity index (χ1) is 10.7. The van der Waals surface area contributed by atoms with E-state index in [4.69, 9.17) is 10.5 Å². The van der Waals surface area contributed by atoms with Gasteiger partial charge in [-0.15, -0.1) is 11.3 Å². The van der Waals surface area contributed by atoms with E-state index >= 15 is 0 Å². The van der Waals surface area contributed by atoms with Crippen molar-refractivity contribution in [3.05, 3.63) is 45.8 Å². The predicted octanol–water partition coefficient (Wildman–Crippen LogP) is 4.23. The van der Waals surface area contributed by atoms with Crippen molar-refractivity contribution in [1.29, 1.82) is 0 Å². The summed E-state index contributed by atoms with van der Waals surface area (Å²) in [6.45, 7) is 2.76. The van der Waals surface area contributed by atoms with Crippen LogP contribution in [0.5, 0.6) is 5.75 Å². The number of anilines is 1. The quantitative estimate of drug-likeness (QED) is 0.840. The Kier molecular flexibility index (Phi) is 4.48. The van der Waals surface area contributed by atoms with Gasteiger partial charge < -0.3 is 10.5 Å². The van der Waals surface area contributed by atoms with E-state index in [1.54, 1.807) is 11.3 Å². The number of hydrogen-bond donors (Lipinski definition) is 1. The van der Waals surface area contributed by atoms with Gasteiger partial charge in [0.2, 0.25) is 0 Å². The third kappa shape index (κ3) is 2.88. The summed E-state index contributed by atoms with van der Waals surface area (Å²) in [5.41, 5.74) is 8.73. The molecule has 1 aliphatic rings. The summed E-state index contributed by atoms with van der Waals surface area (Å²) in [7, 11) is 0. The molecule has 0 atom stereocenters. The van der Waals surface area contributed by atoms with Gasteiger partial charge in [0, 0.05) is 10.4 Å². The van der Waals surface area contributed by atoms with Crippen molar-refractivity contribution < 1.29 is 9.53 Å². The largest absolute Gasteiger partial charge is 0.494 e. The lowest BCUT2D eigenvalue weighted by Crippen LogP contribution is -2.09. The lowest BCUT2D eigenvalue weighted by Gasteiger charge is -2.12. The molecule has 0 radical (unpaired) electrons. The number of hydrogen-bond acceptors (Lipinski definition) is 4. The van der Waals surface area contributed by atoms with Crippen LogP contribution in [0.1, 0.15) is 52.5 Å². The van der Waals surface area contributed by atoms with E-state index in [-0.39, 0.29) is 5.78 Å². The van der Waals surface area contributed by atoms with E-state index in [1.807, 2.05) is 24.3 Å². The van der Waals surface area contributed by atoms with E-state index < -0.39 is 0 Å². The number of nitrogens with two attached hydrogens (primary N) is 1. The van der Waals surface area contributed by atoms with E-state index in [0.29, 0.717) is 17.2 Å². The van der Waals surface area contributed by atoms with Gasteiger partial charge in [-0.05, 0) is 61.9 Å². The number of nitrogen functional groups attached to an aromatic ring is 1. The molecule has 0 unspecified atom stereocenters. The van der Waals surface area contributed by atoms with Crippen LogP contribution in [0.2, 0.25) is 0 Å². The first-order valence-electron chi connectivity index (χ1n) is 7.88. The van der Waals surface area contributed by atoms with Gasteiger partial charge in [0.15, 0.2) is 5.78 Å². The van der Waals surface area contributed by atoms with Gasteiger partial charge >= 0.3 is 0 Å². The molecule has 1 aliphatic carbocycles. The van der Waals surface area contributed by atoms with Gasteiger partial charge in [-0.1, -0.05) is 6.92 Å². The molecule has 1 heterocycles. The predicted molar refractivity (Wildman–Crippen MR) is 91.0 cm³/mol. The molecule has 2 N–H and O–H groups in total. The standard InChI is InChI=1S/C18H21NO2S/c1-2-11-21-13-9-7-12(8-10-13)17(20)16-14-5-3-4-6-15(14)22-18(16)19/h7-10H,2-6,11,19H2,1H3. The molecular formula is C18H21NO2S. The number of carbonyl (C=O) groups excluding carboxylic acids is 1. The van der Waals surface area contributed by atoms with Crippen LogP contribution >= 0.6 is 11.3 Å². The number of benzene rings is 1. The zero-order valence-corrected chi connectivity index (χ0v) is 13.7. The average molecular weight is 315 g/mol. The first kappa shape index (κ1) is 15.1. The van der Waals surface area contributed by atoms with Crippen LogP contribution in [0, 0.1) is 0 Å². The summed E-state index contributed by atoms with van der Waals surface area (Å²) in [6, 6.07) is 7.38. The van der Waals surface area contributed by atoms with Crippen molar-refractivity contribution in [2.24, 2.45) is 0 Å². The Morgan fingerprint density at radius 1 is 1.23 bits per heavy atom. The highest BCUT2D eigenvalue weighted by Crippen LogP contribution is 2.37. The van der Waals surface area contributed by atoms with Crippen molar-refractivity contribution >= 4 is 22.1 Å².